The Morgan fingerprint density at radius 1 is 1.14 bits per heavy atom. The van der Waals surface area contributed by atoms with Crippen molar-refractivity contribution in [1.82, 2.24) is 24.9 Å². The summed E-state index contributed by atoms with van der Waals surface area (Å²) in [5.74, 6) is -2.12. The molecule has 2 N–H and O–H groups in total. The Kier molecular flexibility index (Phi) is 8.33. The highest BCUT2D eigenvalue weighted by Crippen LogP contribution is 2.47. The molecular formula is C29H40N6O7S. The van der Waals surface area contributed by atoms with Gasteiger partial charge in [0.15, 0.2) is 0 Å². The second kappa shape index (κ2) is 12.0. The largest absolute Gasteiger partial charge is 0.474 e. The maximum Gasteiger partial charge on any atom is 0.259 e. The summed E-state index contributed by atoms with van der Waals surface area (Å²) in [6, 6.07) is 1.66. The third-order valence-corrected chi connectivity index (χ3v) is 11.0. The van der Waals surface area contributed by atoms with Crippen molar-refractivity contribution in [1.29, 1.82) is 0 Å². The quantitative estimate of drug-likeness (QED) is 0.437. The van der Waals surface area contributed by atoms with Gasteiger partial charge in [0.2, 0.25) is 33.7 Å². The van der Waals surface area contributed by atoms with E-state index in [1.54, 1.807) is 24.2 Å². The lowest BCUT2D eigenvalue weighted by Crippen LogP contribution is -2.54. The highest BCUT2D eigenvalue weighted by molar-refractivity contribution is 7.91. The SMILES string of the molecule is CN1CCCCC=C[C@@H]2C[C@@]2(C(=O)NS(=O)(=O)C2CC2)NC(=O)[C@@H]2C[C@@H](Oc3ccnc(N4CCOCC4)n3)C[C@H]2C1=O. The Hall–Kier alpha value is -3.26. The van der Waals surface area contributed by atoms with Crippen molar-refractivity contribution in [2.45, 2.75) is 68.3 Å². The van der Waals surface area contributed by atoms with Crippen molar-refractivity contribution in [3.63, 3.8) is 0 Å². The zero-order valence-corrected chi connectivity index (χ0v) is 25.3. The van der Waals surface area contributed by atoms with Crippen LogP contribution in [0.3, 0.4) is 0 Å². The maximum absolute atomic E-state index is 13.9. The van der Waals surface area contributed by atoms with Gasteiger partial charge in [0, 0.05) is 44.9 Å². The lowest BCUT2D eigenvalue weighted by Gasteiger charge is -2.27. The summed E-state index contributed by atoms with van der Waals surface area (Å²) >= 11 is 0. The van der Waals surface area contributed by atoms with Gasteiger partial charge in [-0.25, -0.2) is 13.4 Å². The van der Waals surface area contributed by atoms with E-state index in [0.717, 1.165) is 19.3 Å². The number of fused-ring (bicyclic) bond motifs is 2. The van der Waals surface area contributed by atoms with Gasteiger partial charge in [-0.15, -0.1) is 0 Å². The fourth-order valence-corrected chi connectivity index (χ4v) is 7.74. The van der Waals surface area contributed by atoms with E-state index in [0.29, 0.717) is 70.4 Å². The van der Waals surface area contributed by atoms with Crippen molar-refractivity contribution < 1.29 is 32.3 Å². The molecule has 1 aromatic rings. The molecular weight excluding hydrogens is 576 g/mol. The molecule has 14 heteroatoms. The second-order valence-corrected chi connectivity index (χ2v) is 14.3. The van der Waals surface area contributed by atoms with E-state index >= 15 is 0 Å². The third-order valence-electron chi connectivity index (χ3n) is 9.20. The van der Waals surface area contributed by atoms with E-state index < -0.39 is 50.6 Å². The van der Waals surface area contributed by atoms with Crippen LogP contribution < -0.4 is 19.7 Å². The van der Waals surface area contributed by atoms with E-state index in [9.17, 15) is 22.8 Å². The van der Waals surface area contributed by atoms with Gasteiger partial charge in [-0.2, -0.15) is 4.98 Å². The Morgan fingerprint density at radius 2 is 1.91 bits per heavy atom. The summed E-state index contributed by atoms with van der Waals surface area (Å²) in [5, 5.41) is 2.35. The van der Waals surface area contributed by atoms with Gasteiger partial charge in [-0.05, 0) is 51.4 Å². The topological polar surface area (TPSA) is 160 Å². The van der Waals surface area contributed by atoms with Crippen LogP contribution in [0.5, 0.6) is 5.88 Å². The molecule has 43 heavy (non-hydrogen) atoms. The predicted molar refractivity (Wildman–Crippen MR) is 155 cm³/mol. The number of allylic oxidation sites excluding steroid dienone is 1. The summed E-state index contributed by atoms with van der Waals surface area (Å²) in [6.07, 6.45) is 9.39. The Balaban J connectivity index is 1.22. The summed E-state index contributed by atoms with van der Waals surface area (Å²) in [5.41, 5.74) is -1.36. The molecule has 0 radical (unpaired) electrons. The minimum Gasteiger partial charge on any atom is -0.474 e. The van der Waals surface area contributed by atoms with Gasteiger partial charge >= 0.3 is 0 Å². The van der Waals surface area contributed by atoms with Crippen LogP contribution in [0.15, 0.2) is 24.4 Å². The Morgan fingerprint density at radius 3 is 2.67 bits per heavy atom. The van der Waals surface area contributed by atoms with Crippen molar-refractivity contribution in [2.24, 2.45) is 17.8 Å². The molecule has 2 aliphatic heterocycles. The fourth-order valence-electron chi connectivity index (χ4n) is 6.38. The number of rotatable bonds is 6. The summed E-state index contributed by atoms with van der Waals surface area (Å²) in [6.45, 7) is 3.10. The number of nitrogens with one attached hydrogen (secondary N) is 2. The number of anilines is 1. The first-order valence-electron chi connectivity index (χ1n) is 15.3. The summed E-state index contributed by atoms with van der Waals surface area (Å²) in [4.78, 5) is 53.6. The minimum atomic E-state index is -3.79. The number of carbonyl (C=O) groups is 3. The van der Waals surface area contributed by atoms with E-state index in [-0.39, 0.29) is 18.2 Å². The number of aromatic nitrogens is 2. The molecule has 3 saturated carbocycles. The first kappa shape index (κ1) is 29.8. The first-order valence-corrected chi connectivity index (χ1v) is 16.8. The number of nitrogens with zero attached hydrogens (tertiary/aromatic N) is 4. The lowest BCUT2D eigenvalue weighted by atomic mass is 9.93. The molecule has 1 saturated heterocycles. The molecule has 6 rings (SSSR count). The standard InChI is InChI=1S/C29H40N6O7S/c1-34-11-5-3-2-4-6-19-18-29(19,27(38)33-43(39,40)21-7-8-21)32-25(36)22-16-20(17-23(22)26(34)37)42-24-9-10-30-28(31-24)35-12-14-41-15-13-35/h4,6,9-10,19-23H,2-3,5,7-8,11-18H2,1H3,(H,32,36)(H,33,38)/t19-,20-,22-,23-,29-/m1/s1. The highest BCUT2D eigenvalue weighted by atomic mass is 32.2. The van der Waals surface area contributed by atoms with Crippen LogP contribution in [-0.2, 0) is 29.1 Å². The van der Waals surface area contributed by atoms with Crippen LogP contribution in [0.25, 0.3) is 0 Å². The molecule has 5 atom stereocenters. The molecule has 3 heterocycles. The first-order chi connectivity index (χ1) is 20.7. The van der Waals surface area contributed by atoms with Crippen LogP contribution in [-0.4, -0.2) is 97.8 Å². The molecule has 0 spiro atoms. The fraction of sp³-hybridized carbons (Fsp3) is 0.690. The van der Waals surface area contributed by atoms with Crippen LogP contribution in [0.1, 0.15) is 51.4 Å². The van der Waals surface area contributed by atoms with Gasteiger partial charge in [0.1, 0.15) is 11.6 Å². The molecule has 5 aliphatic rings. The highest BCUT2D eigenvalue weighted by Gasteiger charge is 2.62. The number of carbonyl (C=O) groups excluding carboxylic acids is 3. The van der Waals surface area contributed by atoms with Crippen molar-refractivity contribution in [3.05, 3.63) is 24.4 Å². The number of ether oxygens (including phenoxy) is 2. The molecule has 3 amide bonds. The predicted octanol–water partition coefficient (Wildman–Crippen LogP) is 0.769. The summed E-state index contributed by atoms with van der Waals surface area (Å²) < 4.78 is 39.1. The zero-order valence-electron chi connectivity index (χ0n) is 24.4. The Labute approximate surface area is 251 Å². The zero-order chi connectivity index (χ0) is 30.2. The maximum atomic E-state index is 13.9. The normalized spacial score (nSPS) is 31.8. The molecule has 1 aromatic heterocycles. The van der Waals surface area contributed by atoms with Crippen molar-refractivity contribution in [2.75, 3.05) is 44.8 Å². The number of morpholine rings is 1. The average Bonchev–Trinajstić information content (AvgIpc) is 3.92. The lowest BCUT2D eigenvalue weighted by molar-refractivity contribution is -0.140. The molecule has 4 fully saturated rings. The van der Waals surface area contributed by atoms with Crippen LogP contribution in [0.2, 0.25) is 0 Å². The van der Waals surface area contributed by atoms with Gasteiger partial charge < -0.3 is 24.6 Å². The number of hydrogen-bond acceptors (Lipinski definition) is 10. The van der Waals surface area contributed by atoms with Crippen LogP contribution in [0, 0.1) is 17.8 Å². The second-order valence-electron chi connectivity index (χ2n) is 12.3. The smallest absolute Gasteiger partial charge is 0.259 e. The molecule has 0 bridgehead atoms. The van der Waals surface area contributed by atoms with Gasteiger partial charge in [0.25, 0.3) is 5.91 Å². The van der Waals surface area contributed by atoms with E-state index in [1.165, 1.54) is 0 Å². The number of hydrogen-bond donors (Lipinski definition) is 2. The summed E-state index contributed by atoms with van der Waals surface area (Å²) in [7, 11) is -2.04. The minimum absolute atomic E-state index is 0.141. The van der Waals surface area contributed by atoms with Gasteiger partial charge in [0.05, 0.1) is 30.3 Å². The van der Waals surface area contributed by atoms with E-state index in [4.69, 9.17) is 9.47 Å². The van der Waals surface area contributed by atoms with Gasteiger partial charge in [-0.3, -0.25) is 19.1 Å². The van der Waals surface area contributed by atoms with Crippen molar-refractivity contribution >= 4 is 33.7 Å². The molecule has 234 valence electrons. The van der Waals surface area contributed by atoms with Crippen LogP contribution >= 0.6 is 0 Å². The van der Waals surface area contributed by atoms with Crippen LogP contribution in [0.4, 0.5) is 5.95 Å². The molecule has 3 aliphatic carbocycles. The molecule has 0 unspecified atom stereocenters. The molecule has 13 nitrogen and oxygen atoms in total. The van der Waals surface area contributed by atoms with Crippen molar-refractivity contribution in [3.8, 4) is 5.88 Å². The molecule has 0 aromatic carbocycles. The third kappa shape index (κ3) is 6.49. The van der Waals surface area contributed by atoms with E-state index in [2.05, 4.69) is 20.0 Å². The average molecular weight is 617 g/mol. The van der Waals surface area contributed by atoms with E-state index in [1.807, 2.05) is 17.1 Å². The Bertz CT molecular complexity index is 1380. The van der Waals surface area contributed by atoms with Gasteiger partial charge in [-0.1, -0.05) is 12.2 Å². The number of amides is 3. The monoisotopic (exact) mass is 616 g/mol. The number of sulfonamides is 1.